The molecule has 25 heavy (non-hydrogen) atoms. The third kappa shape index (κ3) is 4.69. The van der Waals surface area contributed by atoms with E-state index >= 15 is 0 Å². The summed E-state index contributed by atoms with van der Waals surface area (Å²) in [6.07, 6.45) is 6.60. The van der Waals surface area contributed by atoms with Crippen LogP contribution < -0.4 is 5.32 Å². The molecule has 1 aromatic heterocycles. The standard InChI is InChI=1S/C18H20BrN3O3/c19-14-8-6-13(7-9-14)18(24)22(15-4-2-1-3-5-15)12-17(23)20-16-10-11-25-21-16/h6-11,15H,1-5,12H2,(H,20,21,23). The molecule has 2 amide bonds. The predicted molar refractivity (Wildman–Crippen MR) is 97.2 cm³/mol. The van der Waals surface area contributed by atoms with Crippen molar-refractivity contribution in [3.63, 3.8) is 0 Å². The largest absolute Gasteiger partial charge is 0.363 e. The van der Waals surface area contributed by atoms with Crippen LogP contribution in [0.2, 0.25) is 0 Å². The molecule has 0 unspecified atom stereocenters. The molecule has 2 aromatic rings. The SMILES string of the molecule is O=C(CN(C(=O)c1ccc(Br)cc1)C1CCCCC1)Nc1ccon1. The summed E-state index contributed by atoms with van der Waals surface area (Å²) < 4.78 is 5.63. The molecule has 0 saturated heterocycles. The van der Waals surface area contributed by atoms with E-state index in [1.54, 1.807) is 23.1 Å². The Bertz CT molecular complexity index is 710. The van der Waals surface area contributed by atoms with E-state index in [-0.39, 0.29) is 24.4 Å². The highest BCUT2D eigenvalue weighted by Gasteiger charge is 2.28. The van der Waals surface area contributed by atoms with Crippen LogP contribution in [-0.4, -0.2) is 34.5 Å². The molecule has 1 saturated carbocycles. The third-order valence-electron chi connectivity index (χ3n) is 4.39. The number of carbonyl (C=O) groups excluding carboxylic acids is 2. The van der Waals surface area contributed by atoms with Gasteiger partial charge in [0.1, 0.15) is 12.8 Å². The van der Waals surface area contributed by atoms with E-state index in [1.165, 1.54) is 12.7 Å². The monoisotopic (exact) mass is 405 g/mol. The number of anilines is 1. The van der Waals surface area contributed by atoms with Gasteiger partial charge >= 0.3 is 0 Å². The third-order valence-corrected chi connectivity index (χ3v) is 4.92. The number of rotatable bonds is 5. The summed E-state index contributed by atoms with van der Waals surface area (Å²) in [6, 6.07) is 8.88. The van der Waals surface area contributed by atoms with E-state index in [0.717, 1.165) is 30.2 Å². The van der Waals surface area contributed by atoms with E-state index in [9.17, 15) is 9.59 Å². The van der Waals surface area contributed by atoms with Gasteiger partial charge in [0.15, 0.2) is 5.82 Å². The zero-order valence-corrected chi connectivity index (χ0v) is 15.4. The van der Waals surface area contributed by atoms with Gasteiger partial charge in [0.25, 0.3) is 5.91 Å². The van der Waals surface area contributed by atoms with Gasteiger partial charge < -0.3 is 14.7 Å². The topological polar surface area (TPSA) is 75.4 Å². The Morgan fingerprint density at radius 2 is 1.88 bits per heavy atom. The van der Waals surface area contributed by atoms with Crippen LogP contribution >= 0.6 is 15.9 Å². The van der Waals surface area contributed by atoms with Crippen molar-refractivity contribution in [2.45, 2.75) is 38.1 Å². The molecule has 0 spiro atoms. The summed E-state index contributed by atoms with van der Waals surface area (Å²) in [5.74, 6) is -0.0377. The maximum absolute atomic E-state index is 13.0. The van der Waals surface area contributed by atoms with Crippen LogP contribution in [-0.2, 0) is 4.79 Å². The molecule has 0 atom stereocenters. The number of nitrogens with zero attached hydrogens (tertiary/aromatic N) is 2. The van der Waals surface area contributed by atoms with Crippen LogP contribution in [0.3, 0.4) is 0 Å². The van der Waals surface area contributed by atoms with Crippen LogP contribution in [0.4, 0.5) is 5.82 Å². The Labute approximate surface area is 154 Å². The van der Waals surface area contributed by atoms with Gasteiger partial charge in [0, 0.05) is 22.1 Å². The second kappa shape index (κ2) is 8.29. The lowest BCUT2D eigenvalue weighted by molar-refractivity contribution is -0.117. The van der Waals surface area contributed by atoms with Crippen molar-refractivity contribution >= 4 is 33.6 Å². The van der Waals surface area contributed by atoms with Crippen molar-refractivity contribution in [3.8, 4) is 0 Å². The first-order valence-corrected chi connectivity index (χ1v) is 9.19. The minimum Gasteiger partial charge on any atom is -0.363 e. The molecule has 0 radical (unpaired) electrons. The summed E-state index contributed by atoms with van der Waals surface area (Å²) in [5, 5.41) is 6.33. The van der Waals surface area contributed by atoms with Gasteiger partial charge in [-0.05, 0) is 37.1 Å². The fourth-order valence-corrected chi connectivity index (χ4v) is 3.40. The second-order valence-electron chi connectivity index (χ2n) is 6.16. The first-order valence-electron chi connectivity index (χ1n) is 8.40. The van der Waals surface area contributed by atoms with Gasteiger partial charge in [-0.15, -0.1) is 0 Å². The Hall–Kier alpha value is -2.15. The maximum atomic E-state index is 13.0. The van der Waals surface area contributed by atoms with Crippen molar-refractivity contribution in [3.05, 3.63) is 46.6 Å². The van der Waals surface area contributed by atoms with Crippen molar-refractivity contribution < 1.29 is 14.1 Å². The molecule has 6 nitrogen and oxygen atoms in total. The average molecular weight is 406 g/mol. The fraction of sp³-hybridized carbons (Fsp3) is 0.389. The van der Waals surface area contributed by atoms with Gasteiger partial charge in [-0.25, -0.2) is 0 Å². The highest BCUT2D eigenvalue weighted by atomic mass is 79.9. The van der Waals surface area contributed by atoms with Crippen LogP contribution in [0.25, 0.3) is 0 Å². The number of halogens is 1. The average Bonchev–Trinajstić information content (AvgIpc) is 3.13. The van der Waals surface area contributed by atoms with Gasteiger partial charge in [0.05, 0.1) is 0 Å². The van der Waals surface area contributed by atoms with Crippen LogP contribution in [0.5, 0.6) is 0 Å². The molecule has 132 valence electrons. The molecule has 1 heterocycles. The number of amides is 2. The molecule has 7 heteroatoms. The molecule has 1 fully saturated rings. The molecule has 1 aromatic carbocycles. The quantitative estimate of drug-likeness (QED) is 0.819. The summed E-state index contributed by atoms with van der Waals surface area (Å²) in [4.78, 5) is 27.0. The highest BCUT2D eigenvalue weighted by molar-refractivity contribution is 9.10. The molecule has 1 aliphatic carbocycles. The summed E-state index contributed by atoms with van der Waals surface area (Å²) >= 11 is 3.38. The summed E-state index contributed by atoms with van der Waals surface area (Å²) in [5.41, 5.74) is 0.586. The Balaban J connectivity index is 1.75. The Morgan fingerprint density at radius 1 is 1.16 bits per heavy atom. The number of carbonyl (C=O) groups is 2. The molecule has 3 rings (SSSR count). The number of benzene rings is 1. The molecule has 1 N–H and O–H groups in total. The Morgan fingerprint density at radius 3 is 2.52 bits per heavy atom. The highest BCUT2D eigenvalue weighted by Crippen LogP contribution is 2.24. The number of hydrogen-bond acceptors (Lipinski definition) is 4. The van der Waals surface area contributed by atoms with E-state index in [2.05, 4.69) is 26.4 Å². The number of nitrogens with one attached hydrogen (secondary N) is 1. The maximum Gasteiger partial charge on any atom is 0.254 e. The molecule has 1 aliphatic rings. The lowest BCUT2D eigenvalue weighted by atomic mass is 9.93. The van der Waals surface area contributed by atoms with Crippen LogP contribution in [0, 0.1) is 0 Å². The smallest absolute Gasteiger partial charge is 0.254 e. The first-order chi connectivity index (χ1) is 12.1. The first kappa shape index (κ1) is 17.7. The lowest BCUT2D eigenvalue weighted by Gasteiger charge is -2.34. The van der Waals surface area contributed by atoms with Crippen molar-refractivity contribution in [1.29, 1.82) is 0 Å². The van der Waals surface area contributed by atoms with Gasteiger partial charge in [-0.3, -0.25) is 9.59 Å². The number of aromatic nitrogens is 1. The minimum absolute atomic E-state index is 0.00637. The normalized spacial score (nSPS) is 14.9. The van der Waals surface area contributed by atoms with Gasteiger partial charge in [-0.2, -0.15) is 0 Å². The molecule has 0 bridgehead atoms. The zero-order chi connectivity index (χ0) is 17.6. The Kier molecular flexibility index (Phi) is 5.86. The molecular formula is C18H20BrN3O3. The molecule has 0 aliphatic heterocycles. The predicted octanol–water partition coefficient (Wildman–Crippen LogP) is 3.85. The van der Waals surface area contributed by atoms with Crippen molar-refractivity contribution in [2.75, 3.05) is 11.9 Å². The van der Waals surface area contributed by atoms with Crippen molar-refractivity contribution in [2.24, 2.45) is 0 Å². The minimum atomic E-state index is -0.273. The van der Waals surface area contributed by atoms with Crippen LogP contribution in [0.1, 0.15) is 42.5 Å². The fourth-order valence-electron chi connectivity index (χ4n) is 3.13. The summed E-state index contributed by atoms with van der Waals surface area (Å²) in [7, 11) is 0. The number of hydrogen-bond donors (Lipinski definition) is 1. The van der Waals surface area contributed by atoms with E-state index in [1.807, 2.05) is 12.1 Å². The van der Waals surface area contributed by atoms with Crippen molar-refractivity contribution in [1.82, 2.24) is 10.1 Å². The zero-order valence-electron chi connectivity index (χ0n) is 13.8. The second-order valence-corrected chi connectivity index (χ2v) is 7.08. The molecular weight excluding hydrogens is 386 g/mol. The lowest BCUT2D eigenvalue weighted by Crippen LogP contribution is -2.45. The van der Waals surface area contributed by atoms with E-state index in [0.29, 0.717) is 11.4 Å². The summed E-state index contributed by atoms with van der Waals surface area (Å²) in [6.45, 7) is 0.00637. The van der Waals surface area contributed by atoms with Crippen LogP contribution in [0.15, 0.2) is 45.6 Å². The van der Waals surface area contributed by atoms with Gasteiger partial charge in [0.2, 0.25) is 5.91 Å². The van der Waals surface area contributed by atoms with Gasteiger partial charge in [-0.1, -0.05) is 40.3 Å². The van der Waals surface area contributed by atoms with E-state index < -0.39 is 0 Å². The van der Waals surface area contributed by atoms with E-state index in [4.69, 9.17) is 4.52 Å².